The fourth-order valence-electron chi connectivity index (χ4n) is 3.19. The van der Waals surface area contributed by atoms with Gasteiger partial charge in [-0.05, 0) is 19.1 Å². The summed E-state index contributed by atoms with van der Waals surface area (Å²) in [6.07, 6.45) is 2.87. The Morgan fingerprint density at radius 2 is 2.31 bits per heavy atom. The fraction of sp³-hybridized carbons (Fsp3) is 0.444. The molecule has 2 amide bonds. The highest BCUT2D eigenvalue weighted by molar-refractivity contribution is 5.95. The molecule has 136 valence electrons. The molecule has 3 rings (SSSR count). The zero-order chi connectivity index (χ0) is 18.9. The molecule has 26 heavy (non-hydrogen) atoms. The summed E-state index contributed by atoms with van der Waals surface area (Å²) in [5.74, 6) is -0.250. The van der Waals surface area contributed by atoms with Gasteiger partial charge in [0, 0.05) is 18.5 Å². The Hall–Kier alpha value is -3.08. The zero-order valence-corrected chi connectivity index (χ0v) is 14.9. The monoisotopic (exact) mass is 355 g/mol. The highest BCUT2D eigenvalue weighted by Gasteiger charge is 2.43. The number of nitrogens with one attached hydrogen (secondary N) is 2. The summed E-state index contributed by atoms with van der Waals surface area (Å²) >= 11 is 0. The summed E-state index contributed by atoms with van der Waals surface area (Å²) < 4.78 is 5.30. The van der Waals surface area contributed by atoms with Gasteiger partial charge in [-0.15, -0.1) is 0 Å². The number of nitriles is 1. The Bertz CT molecular complexity index is 847. The molecule has 1 fully saturated rings. The van der Waals surface area contributed by atoms with Crippen molar-refractivity contribution in [2.75, 3.05) is 13.1 Å². The maximum atomic E-state index is 12.7. The third-order valence-electron chi connectivity index (χ3n) is 4.89. The molecule has 0 saturated carbocycles. The predicted molar refractivity (Wildman–Crippen MR) is 92.0 cm³/mol. The lowest BCUT2D eigenvalue weighted by Crippen LogP contribution is -2.45. The largest absolute Gasteiger partial charge is 0.469 e. The summed E-state index contributed by atoms with van der Waals surface area (Å²) in [5, 5.41) is 18.5. The molecule has 8 nitrogen and oxygen atoms in total. The molecule has 8 heteroatoms. The first kappa shape index (κ1) is 17.7. The van der Waals surface area contributed by atoms with Crippen LogP contribution in [0.3, 0.4) is 0 Å². The molecule has 1 saturated heterocycles. The Morgan fingerprint density at radius 3 is 2.96 bits per heavy atom. The van der Waals surface area contributed by atoms with Crippen molar-refractivity contribution in [1.29, 1.82) is 5.26 Å². The van der Waals surface area contributed by atoms with Gasteiger partial charge in [-0.1, -0.05) is 13.8 Å². The normalized spacial score (nSPS) is 19.8. The van der Waals surface area contributed by atoms with E-state index in [9.17, 15) is 9.59 Å². The number of aromatic nitrogens is 2. The molecule has 0 spiro atoms. The van der Waals surface area contributed by atoms with Crippen molar-refractivity contribution in [3.8, 4) is 6.07 Å². The van der Waals surface area contributed by atoms with Crippen LogP contribution in [0, 0.1) is 16.7 Å². The summed E-state index contributed by atoms with van der Waals surface area (Å²) in [6.45, 7) is 6.62. The van der Waals surface area contributed by atoms with Gasteiger partial charge < -0.3 is 14.6 Å². The minimum atomic E-state index is -0.414. The number of rotatable bonds is 4. The van der Waals surface area contributed by atoms with E-state index in [0.717, 1.165) is 0 Å². The van der Waals surface area contributed by atoms with Gasteiger partial charge in [0.05, 0.1) is 24.4 Å². The summed E-state index contributed by atoms with van der Waals surface area (Å²) in [6, 6.07) is 5.26. The lowest BCUT2D eigenvalue weighted by molar-refractivity contribution is -0.123. The average Bonchev–Trinajstić information content (AvgIpc) is 3.33. The molecule has 1 aliphatic heterocycles. The second-order valence-corrected chi connectivity index (χ2v) is 7.24. The zero-order valence-electron chi connectivity index (χ0n) is 14.9. The van der Waals surface area contributed by atoms with Crippen LogP contribution in [0.2, 0.25) is 0 Å². The van der Waals surface area contributed by atoms with Crippen LogP contribution in [0.4, 0.5) is 0 Å². The molecular formula is C18H21N5O3. The molecule has 2 unspecified atom stereocenters. The van der Waals surface area contributed by atoms with E-state index < -0.39 is 5.92 Å². The number of H-pyrrole nitrogens is 1. The molecular weight excluding hydrogens is 334 g/mol. The first-order valence-electron chi connectivity index (χ1n) is 8.40. The van der Waals surface area contributed by atoms with Crippen molar-refractivity contribution >= 4 is 11.8 Å². The van der Waals surface area contributed by atoms with Crippen molar-refractivity contribution in [3.05, 3.63) is 41.6 Å². The van der Waals surface area contributed by atoms with Crippen molar-refractivity contribution in [2.24, 2.45) is 5.41 Å². The third kappa shape index (κ3) is 3.20. The van der Waals surface area contributed by atoms with E-state index in [1.165, 1.54) is 12.5 Å². The second kappa shape index (κ2) is 6.67. The highest BCUT2D eigenvalue weighted by Crippen LogP contribution is 2.31. The number of furan rings is 1. The molecule has 0 aliphatic carbocycles. The number of likely N-dealkylation sites (tertiary alicyclic amines) is 1. The standard InChI is InChI=1S/C18H21N5O3/c1-11(13-5-4-6-26-13)16(24)21-14-9-23(10-18(14,2)3)17(25)15-12(7-19)8-20-22-15/h4-6,8,11,14H,9-10H2,1-3H3,(H,20,22)(H,21,24). The van der Waals surface area contributed by atoms with E-state index >= 15 is 0 Å². The summed E-state index contributed by atoms with van der Waals surface area (Å²) in [5.41, 5.74) is 0.0899. The van der Waals surface area contributed by atoms with E-state index in [-0.39, 0.29) is 34.5 Å². The molecule has 2 N–H and O–H groups in total. The van der Waals surface area contributed by atoms with Crippen molar-refractivity contribution < 1.29 is 14.0 Å². The molecule has 3 heterocycles. The molecule has 0 bridgehead atoms. The van der Waals surface area contributed by atoms with Crippen molar-refractivity contribution in [2.45, 2.75) is 32.7 Å². The smallest absolute Gasteiger partial charge is 0.273 e. The number of hydrogen-bond acceptors (Lipinski definition) is 5. The minimum absolute atomic E-state index is 0.147. The molecule has 0 radical (unpaired) electrons. The van der Waals surface area contributed by atoms with E-state index in [4.69, 9.17) is 9.68 Å². The summed E-state index contributed by atoms with van der Waals surface area (Å²) in [4.78, 5) is 26.9. The van der Waals surface area contributed by atoms with Gasteiger partial charge in [0.1, 0.15) is 23.1 Å². The van der Waals surface area contributed by atoms with Gasteiger partial charge in [0.15, 0.2) is 0 Å². The van der Waals surface area contributed by atoms with E-state index in [1.54, 1.807) is 24.0 Å². The number of hydrogen-bond donors (Lipinski definition) is 2. The van der Waals surface area contributed by atoms with Crippen LogP contribution in [0.1, 0.15) is 48.5 Å². The number of amides is 2. The van der Waals surface area contributed by atoms with Gasteiger partial charge in [-0.25, -0.2) is 0 Å². The van der Waals surface area contributed by atoms with Crippen molar-refractivity contribution in [1.82, 2.24) is 20.4 Å². The molecule has 2 aromatic heterocycles. The predicted octanol–water partition coefficient (Wildman–Crippen LogP) is 1.64. The van der Waals surface area contributed by atoms with Crippen LogP contribution < -0.4 is 5.32 Å². The SMILES string of the molecule is CC(C(=O)NC1CN(C(=O)c2[nH]ncc2C#N)CC1(C)C)c1ccco1. The second-order valence-electron chi connectivity index (χ2n) is 7.24. The maximum absolute atomic E-state index is 12.7. The van der Waals surface area contributed by atoms with Crippen LogP contribution in [-0.4, -0.2) is 46.0 Å². The first-order valence-corrected chi connectivity index (χ1v) is 8.40. The Balaban J connectivity index is 1.71. The number of aromatic amines is 1. The van der Waals surface area contributed by atoms with Gasteiger partial charge in [-0.2, -0.15) is 10.4 Å². The van der Waals surface area contributed by atoms with Gasteiger partial charge in [0.2, 0.25) is 5.91 Å². The Labute approximate surface area is 151 Å². The fourth-order valence-corrected chi connectivity index (χ4v) is 3.19. The van der Waals surface area contributed by atoms with Gasteiger partial charge >= 0.3 is 0 Å². The van der Waals surface area contributed by atoms with Crippen molar-refractivity contribution in [3.63, 3.8) is 0 Å². The maximum Gasteiger partial charge on any atom is 0.273 e. The lowest BCUT2D eigenvalue weighted by atomic mass is 9.87. The molecule has 2 atom stereocenters. The quantitative estimate of drug-likeness (QED) is 0.865. The minimum Gasteiger partial charge on any atom is -0.469 e. The highest BCUT2D eigenvalue weighted by atomic mass is 16.3. The number of carbonyl (C=O) groups excluding carboxylic acids is 2. The third-order valence-corrected chi connectivity index (χ3v) is 4.89. The Morgan fingerprint density at radius 1 is 1.54 bits per heavy atom. The Kier molecular flexibility index (Phi) is 4.55. The van der Waals surface area contributed by atoms with Crippen LogP contribution in [0.5, 0.6) is 0 Å². The van der Waals surface area contributed by atoms with E-state index in [2.05, 4.69) is 15.5 Å². The molecule has 0 aromatic carbocycles. The van der Waals surface area contributed by atoms with Crippen LogP contribution in [0.25, 0.3) is 0 Å². The average molecular weight is 355 g/mol. The van der Waals surface area contributed by atoms with Crippen LogP contribution in [0.15, 0.2) is 29.0 Å². The number of nitrogens with zero attached hydrogens (tertiary/aromatic N) is 3. The first-order chi connectivity index (χ1) is 12.3. The lowest BCUT2D eigenvalue weighted by Gasteiger charge is -2.27. The summed E-state index contributed by atoms with van der Waals surface area (Å²) in [7, 11) is 0. The molecule has 2 aromatic rings. The van der Waals surface area contributed by atoms with Gasteiger partial charge in [0.25, 0.3) is 5.91 Å². The van der Waals surface area contributed by atoms with Gasteiger partial charge in [-0.3, -0.25) is 14.7 Å². The van der Waals surface area contributed by atoms with Crippen LogP contribution >= 0.6 is 0 Å². The topological polar surface area (TPSA) is 115 Å². The van der Waals surface area contributed by atoms with Crippen LogP contribution in [-0.2, 0) is 4.79 Å². The molecule has 1 aliphatic rings. The number of carbonyl (C=O) groups is 2. The van der Waals surface area contributed by atoms with E-state index in [1.807, 2.05) is 19.9 Å². The van der Waals surface area contributed by atoms with E-state index in [0.29, 0.717) is 18.8 Å².